The summed E-state index contributed by atoms with van der Waals surface area (Å²) in [6.07, 6.45) is 2.78. The van der Waals surface area contributed by atoms with Gasteiger partial charge in [-0.3, -0.25) is 9.69 Å². The van der Waals surface area contributed by atoms with Crippen molar-refractivity contribution < 1.29 is 14.3 Å². The normalized spacial score (nSPS) is 24.2. The van der Waals surface area contributed by atoms with E-state index in [1.54, 1.807) is 7.11 Å². The van der Waals surface area contributed by atoms with Crippen LogP contribution in [0.3, 0.4) is 0 Å². The van der Waals surface area contributed by atoms with Crippen LogP contribution >= 0.6 is 0 Å². The van der Waals surface area contributed by atoms with Gasteiger partial charge in [-0.25, -0.2) is 9.69 Å². The summed E-state index contributed by atoms with van der Waals surface area (Å²) in [6.45, 7) is 5.36. The van der Waals surface area contributed by atoms with Gasteiger partial charge in [0.15, 0.2) is 0 Å². The highest BCUT2D eigenvalue weighted by molar-refractivity contribution is 6.04. The second-order valence-electron chi connectivity index (χ2n) is 7.28. The van der Waals surface area contributed by atoms with Crippen molar-refractivity contribution >= 4 is 11.9 Å². The number of benzene rings is 1. The molecule has 2 heterocycles. The number of urea groups is 1. The molecule has 1 aromatic rings. The fourth-order valence-corrected chi connectivity index (χ4v) is 3.72. The zero-order valence-corrected chi connectivity index (χ0v) is 15.2. The van der Waals surface area contributed by atoms with Gasteiger partial charge in [0.2, 0.25) is 0 Å². The monoisotopic (exact) mass is 345 g/mol. The van der Waals surface area contributed by atoms with Gasteiger partial charge in [-0.15, -0.1) is 0 Å². The second-order valence-corrected chi connectivity index (χ2v) is 7.28. The van der Waals surface area contributed by atoms with Crippen LogP contribution in [-0.2, 0) is 4.79 Å². The molecule has 2 fully saturated rings. The predicted octanol–water partition coefficient (Wildman–Crippen LogP) is 2.76. The number of nitrogens with zero attached hydrogens (tertiary/aromatic N) is 2. The molecule has 0 aromatic heterocycles. The molecule has 0 bridgehead atoms. The number of ether oxygens (including phenoxy) is 1. The van der Waals surface area contributed by atoms with Gasteiger partial charge < -0.3 is 10.1 Å². The minimum absolute atomic E-state index is 0.0981. The first kappa shape index (κ1) is 17.7. The largest absolute Gasteiger partial charge is 0.497 e. The van der Waals surface area contributed by atoms with Crippen LogP contribution in [0.1, 0.15) is 44.7 Å². The first-order chi connectivity index (χ1) is 12.0. The van der Waals surface area contributed by atoms with E-state index in [-0.39, 0.29) is 24.0 Å². The van der Waals surface area contributed by atoms with E-state index in [0.717, 1.165) is 25.1 Å². The van der Waals surface area contributed by atoms with Crippen molar-refractivity contribution in [2.45, 2.75) is 45.2 Å². The Morgan fingerprint density at radius 1 is 1.24 bits per heavy atom. The highest BCUT2D eigenvalue weighted by Gasteiger charge is 2.40. The minimum atomic E-state index is -0.380. The number of carbonyl (C=O) groups is 2. The average Bonchev–Trinajstić information content (AvgIpc) is 3.15. The molecule has 0 aliphatic carbocycles. The van der Waals surface area contributed by atoms with Crippen molar-refractivity contribution in [2.24, 2.45) is 5.92 Å². The molecule has 0 radical (unpaired) electrons. The van der Waals surface area contributed by atoms with E-state index in [4.69, 9.17) is 4.74 Å². The Balaban J connectivity index is 1.68. The fraction of sp³-hybridized carbons (Fsp3) is 0.579. The van der Waals surface area contributed by atoms with Crippen LogP contribution in [0.4, 0.5) is 4.79 Å². The molecule has 6 heteroatoms. The van der Waals surface area contributed by atoms with Crippen LogP contribution in [0.25, 0.3) is 0 Å². The van der Waals surface area contributed by atoms with Crippen LogP contribution in [0.15, 0.2) is 24.3 Å². The molecule has 6 nitrogen and oxygen atoms in total. The molecule has 2 aliphatic rings. The van der Waals surface area contributed by atoms with Gasteiger partial charge >= 0.3 is 6.03 Å². The highest BCUT2D eigenvalue weighted by atomic mass is 16.5. The fourth-order valence-electron chi connectivity index (χ4n) is 3.72. The number of amides is 3. The van der Waals surface area contributed by atoms with Crippen molar-refractivity contribution in [2.75, 3.05) is 20.3 Å². The van der Waals surface area contributed by atoms with E-state index in [1.807, 2.05) is 12.1 Å². The van der Waals surface area contributed by atoms with Crippen LogP contribution < -0.4 is 10.1 Å². The Kier molecular flexibility index (Phi) is 5.27. The summed E-state index contributed by atoms with van der Waals surface area (Å²) in [5.74, 6) is 1.10. The Morgan fingerprint density at radius 3 is 2.60 bits per heavy atom. The minimum Gasteiger partial charge on any atom is -0.497 e. The van der Waals surface area contributed by atoms with Gasteiger partial charge in [0.25, 0.3) is 5.91 Å². The summed E-state index contributed by atoms with van der Waals surface area (Å²) in [5, 5.41) is 2.82. The Labute approximate surface area is 149 Å². The lowest BCUT2D eigenvalue weighted by molar-refractivity contribution is -0.129. The molecular formula is C19H27N3O3. The highest BCUT2D eigenvalue weighted by Crippen LogP contribution is 2.33. The van der Waals surface area contributed by atoms with E-state index >= 15 is 0 Å². The van der Waals surface area contributed by atoms with Crippen molar-refractivity contribution in [3.8, 4) is 5.75 Å². The lowest BCUT2D eigenvalue weighted by atomic mass is 10.0. The summed E-state index contributed by atoms with van der Waals surface area (Å²) in [6, 6.07) is 7.63. The maximum Gasteiger partial charge on any atom is 0.325 e. The standard InChI is InChI=1S/C19H27N3O3/c1-13(2)11-16-18(23)22(19(24)20-16)12-21-10-4-5-17(21)14-6-8-15(25-3)9-7-14/h6-9,13,16-17H,4-5,10-12H2,1-3H3,(H,20,24). The van der Waals surface area contributed by atoms with Crippen molar-refractivity contribution in [1.82, 2.24) is 15.1 Å². The lowest BCUT2D eigenvalue weighted by Crippen LogP contribution is -2.41. The molecule has 1 N–H and O–H groups in total. The number of likely N-dealkylation sites (tertiary alicyclic amines) is 1. The summed E-state index contributed by atoms with van der Waals surface area (Å²) in [4.78, 5) is 28.4. The second kappa shape index (κ2) is 7.44. The van der Waals surface area contributed by atoms with E-state index in [9.17, 15) is 9.59 Å². The first-order valence-corrected chi connectivity index (χ1v) is 8.99. The summed E-state index contributed by atoms with van der Waals surface area (Å²) in [5.41, 5.74) is 1.20. The van der Waals surface area contributed by atoms with E-state index in [1.165, 1.54) is 10.5 Å². The van der Waals surface area contributed by atoms with Gasteiger partial charge in [-0.2, -0.15) is 0 Å². The van der Waals surface area contributed by atoms with Crippen molar-refractivity contribution in [3.05, 3.63) is 29.8 Å². The topological polar surface area (TPSA) is 61.9 Å². The lowest BCUT2D eigenvalue weighted by Gasteiger charge is -2.28. The number of hydrogen-bond donors (Lipinski definition) is 1. The Hall–Kier alpha value is -2.08. The van der Waals surface area contributed by atoms with Gasteiger partial charge in [-0.05, 0) is 42.9 Å². The summed E-state index contributed by atoms with van der Waals surface area (Å²) >= 11 is 0. The molecule has 3 amide bonds. The van der Waals surface area contributed by atoms with E-state index in [2.05, 4.69) is 36.2 Å². The SMILES string of the molecule is COc1ccc(C2CCCN2CN2C(=O)NC(CC(C)C)C2=O)cc1. The van der Waals surface area contributed by atoms with Gasteiger partial charge in [0.05, 0.1) is 13.8 Å². The number of carbonyl (C=O) groups excluding carboxylic acids is 2. The molecule has 25 heavy (non-hydrogen) atoms. The number of imide groups is 1. The van der Waals surface area contributed by atoms with Gasteiger partial charge in [0, 0.05) is 12.6 Å². The number of hydrogen-bond acceptors (Lipinski definition) is 4. The van der Waals surface area contributed by atoms with Gasteiger partial charge in [-0.1, -0.05) is 26.0 Å². The number of nitrogens with one attached hydrogen (secondary N) is 1. The molecule has 0 spiro atoms. The molecule has 2 aliphatic heterocycles. The third kappa shape index (κ3) is 3.79. The van der Waals surface area contributed by atoms with Gasteiger partial charge in [0.1, 0.15) is 11.8 Å². The molecule has 3 rings (SSSR count). The van der Waals surface area contributed by atoms with Crippen molar-refractivity contribution in [1.29, 1.82) is 0 Å². The van der Waals surface area contributed by atoms with Crippen LogP contribution in [0.5, 0.6) is 5.75 Å². The van der Waals surface area contributed by atoms with Crippen LogP contribution in [0, 0.1) is 5.92 Å². The Morgan fingerprint density at radius 2 is 1.96 bits per heavy atom. The number of methoxy groups -OCH3 is 1. The van der Waals surface area contributed by atoms with Crippen LogP contribution in [0.2, 0.25) is 0 Å². The smallest absolute Gasteiger partial charge is 0.325 e. The van der Waals surface area contributed by atoms with Crippen LogP contribution in [-0.4, -0.2) is 48.1 Å². The maximum absolute atomic E-state index is 12.6. The maximum atomic E-state index is 12.6. The molecule has 136 valence electrons. The quantitative estimate of drug-likeness (QED) is 0.806. The zero-order valence-electron chi connectivity index (χ0n) is 15.2. The van der Waals surface area contributed by atoms with E-state index < -0.39 is 0 Å². The average molecular weight is 345 g/mol. The molecule has 1 aromatic carbocycles. The van der Waals surface area contributed by atoms with E-state index in [0.29, 0.717) is 19.0 Å². The zero-order chi connectivity index (χ0) is 18.0. The Bertz CT molecular complexity index is 629. The third-order valence-electron chi connectivity index (χ3n) is 5.00. The third-order valence-corrected chi connectivity index (χ3v) is 5.00. The summed E-state index contributed by atoms with van der Waals surface area (Å²) in [7, 11) is 1.65. The number of rotatable bonds is 6. The molecule has 2 unspecified atom stereocenters. The predicted molar refractivity (Wildman–Crippen MR) is 95.2 cm³/mol. The van der Waals surface area contributed by atoms with Crippen molar-refractivity contribution in [3.63, 3.8) is 0 Å². The molecular weight excluding hydrogens is 318 g/mol. The summed E-state index contributed by atoms with van der Waals surface area (Å²) < 4.78 is 5.22. The molecule has 2 saturated heterocycles. The molecule has 2 atom stereocenters. The first-order valence-electron chi connectivity index (χ1n) is 8.99. The molecule has 0 saturated carbocycles.